The minimum absolute atomic E-state index is 0.622. The highest BCUT2D eigenvalue weighted by atomic mass is 35.5. The fourth-order valence-corrected chi connectivity index (χ4v) is 2.99. The van der Waals surface area contributed by atoms with Gasteiger partial charge in [0.2, 0.25) is 0 Å². The molecule has 0 bridgehead atoms. The number of nitrogens with two attached hydrogens (primary N) is 1. The highest BCUT2D eigenvalue weighted by Gasteiger charge is 2.12. The molecule has 0 radical (unpaired) electrons. The minimum atomic E-state index is 0.622. The van der Waals surface area contributed by atoms with Crippen LogP contribution in [0.25, 0.3) is 20.8 Å². The predicted molar refractivity (Wildman–Crippen MR) is 72.3 cm³/mol. The zero-order valence-corrected chi connectivity index (χ0v) is 10.3. The van der Waals surface area contributed by atoms with Crippen molar-refractivity contribution >= 4 is 38.8 Å². The molecule has 2 N–H and O–H groups in total. The smallest absolute Gasteiger partial charge is 0.128 e. The van der Waals surface area contributed by atoms with E-state index in [4.69, 9.17) is 17.3 Å². The van der Waals surface area contributed by atoms with E-state index in [9.17, 15) is 0 Å². The van der Waals surface area contributed by atoms with Crippen LogP contribution in [0.15, 0.2) is 36.7 Å². The molecule has 5 heteroatoms. The average Bonchev–Trinajstić information content (AvgIpc) is 2.71. The summed E-state index contributed by atoms with van der Waals surface area (Å²) < 4.78 is 1.08. The number of halogens is 1. The third kappa shape index (κ3) is 1.75. The van der Waals surface area contributed by atoms with Gasteiger partial charge in [-0.2, -0.15) is 0 Å². The topological polar surface area (TPSA) is 51.8 Å². The zero-order valence-electron chi connectivity index (χ0n) is 8.72. The monoisotopic (exact) mass is 261 g/mol. The fourth-order valence-electron chi connectivity index (χ4n) is 1.65. The van der Waals surface area contributed by atoms with E-state index in [0.717, 1.165) is 20.8 Å². The number of thiazole rings is 1. The molecule has 84 valence electrons. The van der Waals surface area contributed by atoms with Gasteiger partial charge < -0.3 is 5.73 Å². The maximum atomic E-state index is 6.16. The Morgan fingerprint density at radius 2 is 2.12 bits per heavy atom. The summed E-state index contributed by atoms with van der Waals surface area (Å²) in [6.07, 6.45) is 3.49. The Bertz CT molecular complexity index is 640. The molecule has 3 rings (SSSR count). The van der Waals surface area contributed by atoms with Crippen molar-refractivity contribution in [3.05, 3.63) is 41.7 Å². The summed E-state index contributed by atoms with van der Waals surface area (Å²) in [4.78, 5) is 8.54. The number of pyridine rings is 1. The number of benzene rings is 1. The van der Waals surface area contributed by atoms with Gasteiger partial charge in [-0.05, 0) is 18.2 Å². The Labute approximate surface area is 107 Å². The molecule has 17 heavy (non-hydrogen) atoms. The molecule has 0 saturated heterocycles. The Morgan fingerprint density at radius 1 is 1.24 bits per heavy atom. The molecule has 0 spiro atoms. The van der Waals surface area contributed by atoms with Crippen LogP contribution in [0.5, 0.6) is 0 Å². The molecule has 0 aliphatic rings. The molecule has 0 atom stereocenters. The molecule has 0 aliphatic carbocycles. The Morgan fingerprint density at radius 3 is 2.88 bits per heavy atom. The molecule has 3 aromatic rings. The van der Waals surface area contributed by atoms with Crippen molar-refractivity contribution in [3.63, 3.8) is 0 Å². The van der Waals surface area contributed by atoms with Gasteiger partial charge in [0.1, 0.15) is 10.5 Å². The molecule has 0 aliphatic heterocycles. The number of fused-ring (bicyclic) bond motifs is 1. The van der Waals surface area contributed by atoms with E-state index in [1.54, 1.807) is 23.7 Å². The van der Waals surface area contributed by atoms with Gasteiger partial charge in [-0.3, -0.25) is 4.98 Å². The lowest BCUT2D eigenvalue weighted by molar-refractivity contribution is 1.34. The van der Waals surface area contributed by atoms with Gasteiger partial charge in [-0.25, -0.2) is 4.98 Å². The molecular formula is C12H8ClN3S. The van der Waals surface area contributed by atoms with Crippen LogP contribution in [-0.2, 0) is 0 Å². The quantitative estimate of drug-likeness (QED) is 0.681. The number of aromatic nitrogens is 2. The van der Waals surface area contributed by atoms with Gasteiger partial charge in [0.15, 0.2) is 0 Å². The van der Waals surface area contributed by atoms with Crippen molar-refractivity contribution in [2.45, 2.75) is 0 Å². The van der Waals surface area contributed by atoms with E-state index in [1.165, 1.54) is 0 Å². The van der Waals surface area contributed by atoms with Crippen LogP contribution in [0.1, 0.15) is 0 Å². The van der Waals surface area contributed by atoms with Crippen molar-refractivity contribution in [2.75, 3.05) is 5.73 Å². The van der Waals surface area contributed by atoms with E-state index in [0.29, 0.717) is 10.7 Å². The second-order valence-electron chi connectivity index (χ2n) is 3.57. The van der Waals surface area contributed by atoms with E-state index in [2.05, 4.69) is 9.97 Å². The van der Waals surface area contributed by atoms with Crippen LogP contribution in [0.3, 0.4) is 0 Å². The fraction of sp³-hybridized carbons (Fsp3) is 0. The first-order valence-electron chi connectivity index (χ1n) is 5.00. The second-order valence-corrected chi connectivity index (χ2v) is 5.00. The van der Waals surface area contributed by atoms with E-state index in [1.807, 2.05) is 24.3 Å². The number of anilines is 1. The second kappa shape index (κ2) is 3.98. The lowest BCUT2D eigenvalue weighted by Gasteiger charge is -2.03. The van der Waals surface area contributed by atoms with Crippen LogP contribution in [0, 0.1) is 0 Å². The molecule has 1 aromatic carbocycles. The normalized spacial score (nSPS) is 10.9. The summed E-state index contributed by atoms with van der Waals surface area (Å²) >= 11 is 7.73. The first-order chi connectivity index (χ1) is 8.25. The Balaban J connectivity index is 2.27. The van der Waals surface area contributed by atoms with Gasteiger partial charge in [0.25, 0.3) is 0 Å². The van der Waals surface area contributed by atoms with Crippen molar-refractivity contribution in [3.8, 4) is 10.6 Å². The first-order valence-corrected chi connectivity index (χ1v) is 6.20. The average molecular weight is 262 g/mol. The molecule has 0 saturated carbocycles. The van der Waals surface area contributed by atoms with Gasteiger partial charge in [0.05, 0.1) is 21.5 Å². The molecule has 0 amide bonds. The van der Waals surface area contributed by atoms with Crippen molar-refractivity contribution < 1.29 is 0 Å². The summed E-state index contributed by atoms with van der Waals surface area (Å²) in [5.74, 6) is 0. The number of nitrogens with zero attached hydrogens (tertiary/aromatic N) is 2. The lowest BCUT2D eigenvalue weighted by atomic mass is 10.2. The Hall–Kier alpha value is -1.65. The summed E-state index contributed by atoms with van der Waals surface area (Å²) in [5.41, 5.74) is 8.25. The predicted octanol–water partition coefficient (Wildman–Crippen LogP) is 3.59. The largest absolute Gasteiger partial charge is 0.398 e. The van der Waals surface area contributed by atoms with Gasteiger partial charge in [-0.15, -0.1) is 11.3 Å². The summed E-state index contributed by atoms with van der Waals surface area (Å²) in [6.45, 7) is 0. The zero-order chi connectivity index (χ0) is 11.8. The van der Waals surface area contributed by atoms with Crippen LogP contribution < -0.4 is 5.73 Å². The standard InChI is InChI=1S/C12H8ClN3S/c13-7-2-1-3-8(14)11(7)12-16-9-6-15-5-4-10(9)17-12/h1-6H,14H2. The van der Waals surface area contributed by atoms with Crippen LogP contribution >= 0.6 is 22.9 Å². The molecule has 0 unspecified atom stereocenters. The highest BCUT2D eigenvalue weighted by molar-refractivity contribution is 7.21. The molecule has 2 heterocycles. The highest BCUT2D eigenvalue weighted by Crippen LogP contribution is 2.37. The van der Waals surface area contributed by atoms with Crippen molar-refractivity contribution in [2.24, 2.45) is 0 Å². The molecule has 0 fully saturated rings. The van der Waals surface area contributed by atoms with Crippen LogP contribution in [0.2, 0.25) is 5.02 Å². The molecule has 2 aromatic heterocycles. The van der Waals surface area contributed by atoms with Crippen molar-refractivity contribution in [1.82, 2.24) is 9.97 Å². The number of rotatable bonds is 1. The maximum Gasteiger partial charge on any atom is 0.128 e. The van der Waals surface area contributed by atoms with E-state index >= 15 is 0 Å². The maximum absolute atomic E-state index is 6.16. The lowest BCUT2D eigenvalue weighted by Crippen LogP contribution is -1.89. The van der Waals surface area contributed by atoms with Crippen molar-refractivity contribution in [1.29, 1.82) is 0 Å². The van der Waals surface area contributed by atoms with E-state index < -0.39 is 0 Å². The number of hydrogen-bond donors (Lipinski definition) is 1. The summed E-state index contributed by atoms with van der Waals surface area (Å²) in [7, 11) is 0. The molecule has 3 nitrogen and oxygen atoms in total. The molecular weight excluding hydrogens is 254 g/mol. The summed E-state index contributed by atoms with van der Waals surface area (Å²) in [5, 5.41) is 1.45. The van der Waals surface area contributed by atoms with Crippen LogP contribution in [0.4, 0.5) is 5.69 Å². The first kappa shape index (κ1) is 10.5. The van der Waals surface area contributed by atoms with E-state index in [-0.39, 0.29) is 0 Å². The summed E-state index contributed by atoms with van der Waals surface area (Å²) in [6, 6.07) is 7.41. The van der Waals surface area contributed by atoms with Gasteiger partial charge >= 0.3 is 0 Å². The van der Waals surface area contributed by atoms with Gasteiger partial charge in [0, 0.05) is 11.9 Å². The SMILES string of the molecule is Nc1cccc(Cl)c1-c1nc2cnccc2s1. The Kier molecular flexibility index (Phi) is 2.46. The third-order valence-corrected chi connectivity index (χ3v) is 3.82. The number of nitrogen functional groups attached to an aromatic ring is 1. The third-order valence-electron chi connectivity index (χ3n) is 2.45. The minimum Gasteiger partial charge on any atom is -0.398 e. The van der Waals surface area contributed by atoms with Crippen LogP contribution in [-0.4, -0.2) is 9.97 Å². The number of hydrogen-bond acceptors (Lipinski definition) is 4. The van der Waals surface area contributed by atoms with Gasteiger partial charge in [-0.1, -0.05) is 17.7 Å².